The van der Waals surface area contributed by atoms with E-state index in [1.54, 1.807) is 0 Å². The van der Waals surface area contributed by atoms with Crippen LogP contribution < -0.4 is 11.1 Å². The predicted molar refractivity (Wildman–Crippen MR) is 84.8 cm³/mol. The molecule has 0 aromatic heterocycles. The fourth-order valence-corrected chi connectivity index (χ4v) is 2.61. The van der Waals surface area contributed by atoms with Crippen LogP contribution in [-0.4, -0.2) is 11.9 Å². The Hall–Kier alpha value is -1.06. The van der Waals surface area contributed by atoms with Crippen molar-refractivity contribution in [3.63, 3.8) is 0 Å². The Morgan fingerprint density at radius 1 is 1.35 bits per heavy atom. The number of hydrogen-bond acceptors (Lipinski definition) is 2. The van der Waals surface area contributed by atoms with Crippen molar-refractivity contribution in [2.75, 3.05) is 0 Å². The van der Waals surface area contributed by atoms with Gasteiger partial charge in [-0.15, -0.1) is 12.4 Å². The quantitative estimate of drug-likeness (QED) is 0.847. The molecule has 1 aliphatic carbocycles. The van der Waals surface area contributed by atoms with Crippen molar-refractivity contribution in [2.24, 2.45) is 11.7 Å². The minimum Gasteiger partial charge on any atom is -0.348 e. The minimum absolute atomic E-state index is 0. The molecule has 2 unspecified atom stereocenters. The lowest BCUT2D eigenvalue weighted by Crippen LogP contribution is -2.45. The van der Waals surface area contributed by atoms with Crippen LogP contribution in [0.4, 0.5) is 0 Å². The molecule has 0 saturated heterocycles. The Morgan fingerprint density at radius 3 is 2.50 bits per heavy atom. The first kappa shape index (κ1) is 17.0. The van der Waals surface area contributed by atoms with E-state index in [4.69, 9.17) is 5.73 Å². The number of nitrogens with one attached hydrogen (secondary N) is 1. The second-order valence-corrected chi connectivity index (χ2v) is 5.48. The number of carbonyl (C=O) groups is 1. The van der Waals surface area contributed by atoms with Crippen LogP contribution in [0.25, 0.3) is 0 Å². The number of rotatable bonds is 6. The fraction of sp³-hybridized carbons (Fsp3) is 0.562. The smallest absolute Gasteiger partial charge is 0.237 e. The highest BCUT2D eigenvalue weighted by Crippen LogP contribution is 2.37. The first-order valence-electron chi connectivity index (χ1n) is 7.33. The lowest BCUT2D eigenvalue weighted by molar-refractivity contribution is -0.123. The summed E-state index contributed by atoms with van der Waals surface area (Å²) in [6, 6.07) is 10.00. The van der Waals surface area contributed by atoms with Gasteiger partial charge in [-0.25, -0.2) is 0 Å². The maximum atomic E-state index is 12.1. The van der Waals surface area contributed by atoms with E-state index in [0.717, 1.165) is 12.8 Å². The summed E-state index contributed by atoms with van der Waals surface area (Å²) in [5.74, 6) is 0.558. The molecule has 0 spiro atoms. The Kier molecular flexibility index (Phi) is 7.03. The van der Waals surface area contributed by atoms with Gasteiger partial charge in [0.25, 0.3) is 0 Å². The second kappa shape index (κ2) is 8.28. The van der Waals surface area contributed by atoms with Crippen LogP contribution in [0.2, 0.25) is 0 Å². The normalized spacial score (nSPS) is 17.5. The molecule has 4 heteroatoms. The van der Waals surface area contributed by atoms with Crippen LogP contribution in [-0.2, 0) is 4.79 Å². The third-order valence-electron chi connectivity index (χ3n) is 4.01. The van der Waals surface area contributed by atoms with Crippen LogP contribution in [0.15, 0.2) is 30.3 Å². The van der Waals surface area contributed by atoms with Crippen molar-refractivity contribution in [1.82, 2.24) is 5.32 Å². The minimum atomic E-state index is -0.378. The molecular formula is C16H25ClN2O. The van der Waals surface area contributed by atoms with Gasteiger partial charge in [0.1, 0.15) is 0 Å². The molecule has 1 aliphatic rings. The molecule has 1 aromatic rings. The molecule has 3 nitrogen and oxygen atoms in total. The molecule has 20 heavy (non-hydrogen) atoms. The summed E-state index contributed by atoms with van der Waals surface area (Å²) in [5.41, 5.74) is 7.10. The van der Waals surface area contributed by atoms with Crippen LogP contribution in [0.5, 0.6) is 0 Å². The van der Waals surface area contributed by atoms with Gasteiger partial charge in [0.2, 0.25) is 5.91 Å². The van der Waals surface area contributed by atoms with Gasteiger partial charge >= 0.3 is 0 Å². The second-order valence-electron chi connectivity index (χ2n) is 5.48. The van der Waals surface area contributed by atoms with Crippen molar-refractivity contribution in [2.45, 2.75) is 51.1 Å². The molecule has 3 N–H and O–H groups in total. The van der Waals surface area contributed by atoms with Gasteiger partial charge in [-0.05, 0) is 30.7 Å². The number of carbonyl (C=O) groups excluding carboxylic acids is 1. The van der Waals surface area contributed by atoms with E-state index in [9.17, 15) is 4.79 Å². The largest absolute Gasteiger partial charge is 0.348 e. The van der Waals surface area contributed by atoms with E-state index in [2.05, 4.69) is 17.4 Å². The highest BCUT2D eigenvalue weighted by molar-refractivity contribution is 5.85. The molecule has 0 heterocycles. The van der Waals surface area contributed by atoms with Gasteiger partial charge < -0.3 is 11.1 Å². The molecule has 0 bridgehead atoms. The monoisotopic (exact) mass is 296 g/mol. The topological polar surface area (TPSA) is 55.1 Å². The molecule has 1 fully saturated rings. The summed E-state index contributed by atoms with van der Waals surface area (Å²) in [6.07, 6.45) is 5.35. The standard InChI is InChI=1S/C16H24N2O.ClH/c1-2-7-14(17)16(19)18-15(13-10-6-11-13)12-8-4-3-5-9-12;/h3-5,8-9,13-15H,2,6-7,10-11,17H2,1H3,(H,18,19);1H. The fourth-order valence-electron chi connectivity index (χ4n) is 2.61. The SMILES string of the molecule is CCCC(N)C(=O)NC(c1ccccc1)C1CCC1.Cl. The Bertz CT molecular complexity index is 406. The summed E-state index contributed by atoms with van der Waals surface area (Å²) >= 11 is 0. The summed E-state index contributed by atoms with van der Waals surface area (Å²) in [7, 11) is 0. The summed E-state index contributed by atoms with van der Waals surface area (Å²) in [5, 5.41) is 3.16. The van der Waals surface area contributed by atoms with E-state index in [0.29, 0.717) is 5.92 Å². The summed E-state index contributed by atoms with van der Waals surface area (Å²) in [6.45, 7) is 2.05. The molecule has 1 aromatic carbocycles. The Balaban J connectivity index is 0.00000200. The zero-order chi connectivity index (χ0) is 13.7. The number of halogens is 1. The number of benzene rings is 1. The maximum Gasteiger partial charge on any atom is 0.237 e. The number of amides is 1. The van der Waals surface area contributed by atoms with E-state index in [1.165, 1.54) is 24.8 Å². The Labute approximate surface area is 127 Å². The molecule has 0 aliphatic heterocycles. The van der Waals surface area contributed by atoms with Gasteiger partial charge in [-0.3, -0.25) is 4.79 Å². The lowest BCUT2D eigenvalue weighted by atomic mass is 9.77. The average Bonchev–Trinajstić information content (AvgIpc) is 2.37. The first-order chi connectivity index (χ1) is 9.22. The van der Waals surface area contributed by atoms with Crippen LogP contribution in [0.3, 0.4) is 0 Å². The number of hydrogen-bond donors (Lipinski definition) is 2. The van der Waals surface area contributed by atoms with Crippen LogP contribution in [0.1, 0.15) is 50.6 Å². The Morgan fingerprint density at radius 2 is 2.00 bits per heavy atom. The third kappa shape index (κ3) is 4.22. The molecule has 2 atom stereocenters. The van der Waals surface area contributed by atoms with Gasteiger partial charge in [0.05, 0.1) is 12.1 Å². The molecule has 1 saturated carbocycles. The molecule has 2 rings (SSSR count). The summed E-state index contributed by atoms with van der Waals surface area (Å²) in [4.78, 5) is 12.1. The van der Waals surface area contributed by atoms with E-state index in [-0.39, 0.29) is 30.4 Å². The zero-order valence-corrected chi connectivity index (χ0v) is 12.9. The predicted octanol–water partition coefficient (Wildman–Crippen LogP) is 3.19. The average molecular weight is 297 g/mol. The molecular weight excluding hydrogens is 272 g/mol. The van der Waals surface area contributed by atoms with Crippen LogP contribution in [0, 0.1) is 5.92 Å². The lowest BCUT2D eigenvalue weighted by Gasteiger charge is -2.35. The zero-order valence-electron chi connectivity index (χ0n) is 12.0. The van der Waals surface area contributed by atoms with Gasteiger partial charge in [0, 0.05) is 0 Å². The summed E-state index contributed by atoms with van der Waals surface area (Å²) < 4.78 is 0. The first-order valence-corrected chi connectivity index (χ1v) is 7.33. The highest BCUT2D eigenvalue weighted by atomic mass is 35.5. The van der Waals surface area contributed by atoms with Crippen molar-refractivity contribution in [3.8, 4) is 0 Å². The molecule has 0 radical (unpaired) electrons. The number of nitrogens with two attached hydrogens (primary N) is 1. The van der Waals surface area contributed by atoms with E-state index in [1.807, 2.05) is 25.1 Å². The molecule has 1 amide bonds. The molecule has 112 valence electrons. The maximum absolute atomic E-state index is 12.1. The van der Waals surface area contributed by atoms with E-state index >= 15 is 0 Å². The highest BCUT2D eigenvalue weighted by Gasteiger charge is 2.30. The van der Waals surface area contributed by atoms with Crippen molar-refractivity contribution in [3.05, 3.63) is 35.9 Å². The van der Waals surface area contributed by atoms with Crippen molar-refractivity contribution < 1.29 is 4.79 Å². The van der Waals surface area contributed by atoms with Crippen molar-refractivity contribution >= 4 is 18.3 Å². The van der Waals surface area contributed by atoms with Crippen molar-refractivity contribution in [1.29, 1.82) is 0 Å². The van der Waals surface area contributed by atoms with Gasteiger partial charge in [-0.2, -0.15) is 0 Å². The van der Waals surface area contributed by atoms with Gasteiger partial charge in [-0.1, -0.05) is 50.1 Å². The third-order valence-corrected chi connectivity index (χ3v) is 4.01. The van der Waals surface area contributed by atoms with Gasteiger partial charge in [0.15, 0.2) is 0 Å². The van der Waals surface area contributed by atoms with Crippen LogP contribution >= 0.6 is 12.4 Å². The van der Waals surface area contributed by atoms with E-state index < -0.39 is 0 Å².